The molecule has 0 radical (unpaired) electrons. The summed E-state index contributed by atoms with van der Waals surface area (Å²) in [5.41, 5.74) is 2.03. The second kappa shape index (κ2) is 5.32. The maximum atomic E-state index is 11.7. The van der Waals surface area contributed by atoms with Gasteiger partial charge in [-0.05, 0) is 50.3 Å². The second-order valence-electron chi connectivity index (χ2n) is 4.92. The van der Waals surface area contributed by atoms with Crippen LogP contribution in [0.15, 0.2) is 24.3 Å². The highest BCUT2D eigenvalue weighted by Crippen LogP contribution is 2.32. The van der Waals surface area contributed by atoms with Crippen LogP contribution in [0.25, 0.3) is 0 Å². The number of benzene rings is 1. The van der Waals surface area contributed by atoms with Gasteiger partial charge in [0.25, 0.3) is 0 Å². The Bertz CT molecular complexity index is 399. The van der Waals surface area contributed by atoms with Crippen LogP contribution in [0.2, 0.25) is 0 Å². The molecule has 1 aromatic rings. The molecule has 2 rings (SSSR count). The van der Waals surface area contributed by atoms with Gasteiger partial charge in [0.1, 0.15) is 0 Å². The molecule has 1 fully saturated rings. The molecule has 17 heavy (non-hydrogen) atoms. The SMILES string of the molecule is Cc1cccc(NC(=O)CNC(C)C2CC2)c1. The molecule has 0 saturated heterocycles. The standard InChI is InChI=1S/C14H20N2O/c1-10-4-3-5-13(8-10)16-14(17)9-15-11(2)12-6-7-12/h3-5,8,11-12,15H,6-7,9H2,1-2H3,(H,16,17). The first-order valence-electron chi connectivity index (χ1n) is 6.25. The van der Waals surface area contributed by atoms with Gasteiger partial charge in [0.15, 0.2) is 0 Å². The van der Waals surface area contributed by atoms with Crippen molar-refractivity contribution in [2.75, 3.05) is 11.9 Å². The van der Waals surface area contributed by atoms with E-state index in [1.807, 2.05) is 31.2 Å². The smallest absolute Gasteiger partial charge is 0.238 e. The van der Waals surface area contributed by atoms with Crippen molar-refractivity contribution in [3.8, 4) is 0 Å². The number of carbonyl (C=O) groups is 1. The zero-order valence-electron chi connectivity index (χ0n) is 10.5. The summed E-state index contributed by atoms with van der Waals surface area (Å²) >= 11 is 0. The molecule has 1 unspecified atom stereocenters. The van der Waals surface area contributed by atoms with Crippen molar-refractivity contribution in [1.82, 2.24) is 5.32 Å². The van der Waals surface area contributed by atoms with Gasteiger partial charge in [-0.1, -0.05) is 12.1 Å². The topological polar surface area (TPSA) is 41.1 Å². The van der Waals surface area contributed by atoms with E-state index in [0.29, 0.717) is 12.6 Å². The van der Waals surface area contributed by atoms with E-state index in [1.165, 1.54) is 12.8 Å². The van der Waals surface area contributed by atoms with Crippen LogP contribution in [0.4, 0.5) is 5.69 Å². The summed E-state index contributed by atoms with van der Waals surface area (Å²) in [6.07, 6.45) is 2.60. The number of anilines is 1. The molecule has 0 heterocycles. The number of hydrogen-bond acceptors (Lipinski definition) is 2. The molecule has 1 saturated carbocycles. The van der Waals surface area contributed by atoms with E-state index in [9.17, 15) is 4.79 Å². The second-order valence-corrected chi connectivity index (χ2v) is 4.92. The van der Waals surface area contributed by atoms with Crippen molar-refractivity contribution in [3.63, 3.8) is 0 Å². The first-order chi connectivity index (χ1) is 8.15. The molecule has 3 heteroatoms. The Hall–Kier alpha value is -1.35. The van der Waals surface area contributed by atoms with Crippen molar-refractivity contribution < 1.29 is 4.79 Å². The minimum absolute atomic E-state index is 0.0306. The Balaban J connectivity index is 1.76. The summed E-state index contributed by atoms with van der Waals surface area (Å²) < 4.78 is 0. The molecule has 1 amide bonds. The molecule has 1 aliphatic carbocycles. The third kappa shape index (κ3) is 3.86. The predicted molar refractivity (Wildman–Crippen MR) is 70.0 cm³/mol. The van der Waals surface area contributed by atoms with Crippen LogP contribution >= 0.6 is 0 Å². The van der Waals surface area contributed by atoms with E-state index < -0.39 is 0 Å². The molecule has 3 nitrogen and oxygen atoms in total. The molecule has 2 N–H and O–H groups in total. The van der Waals surface area contributed by atoms with Crippen LogP contribution < -0.4 is 10.6 Å². The number of aryl methyl sites for hydroxylation is 1. The lowest BCUT2D eigenvalue weighted by atomic mass is 10.2. The van der Waals surface area contributed by atoms with Gasteiger partial charge in [-0.2, -0.15) is 0 Å². The molecular weight excluding hydrogens is 212 g/mol. The van der Waals surface area contributed by atoms with Crippen molar-refractivity contribution in [3.05, 3.63) is 29.8 Å². The Morgan fingerprint density at radius 2 is 2.24 bits per heavy atom. The van der Waals surface area contributed by atoms with Gasteiger partial charge in [-0.15, -0.1) is 0 Å². The lowest BCUT2D eigenvalue weighted by molar-refractivity contribution is -0.115. The Labute approximate surface area is 103 Å². The molecule has 0 bridgehead atoms. The van der Waals surface area contributed by atoms with Crippen LogP contribution in [0.3, 0.4) is 0 Å². The predicted octanol–water partition coefficient (Wildman–Crippen LogP) is 2.32. The Morgan fingerprint density at radius 3 is 2.88 bits per heavy atom. The van der Waals surface area contributed by atoms with Crippen molar-refractivity contribution in [1.29, 1.82) is 0 Å². The van der Waals surface area contributed by atoms with Crippen molar-refractivity contribution >= 4 is 11.6 Å². The number of nitrogens with one attached hydrogen (secondary N) is 2. The van der Waals surface area contributed by atoms with Gasteiger partial charge >= 0.3 is 0 Å². The first-order valence-corrected chi connectivity index (χ1v) is 6.25. The monoisotopic (exact) mass is 232 g/mol. The summed E-state index contributed by atoms with van der Waals surface area (Å²) in [6.45, 7) is 4.56. The Kier molecular flexibility index (Phi) is 3.79. The van der Waals surface area contributed by atoms with Crippen LogP contribution in [-0.2, 0) is 4.79 Å². The summed E-state index contributed by atoms with van der Waals surface area (Å²) in [4.78, 5) is 11.7. The maximum absolute atomic E-state index is 11.7. The molecule has 0 spiro atoms. The summed E-state index contributed by atoms with van der Waals surface area (Å²) in [6, 6.07) is 8.31. The summed E-state index contributed by atoms with van der Waals surface area (Å²) in [5, 5.41) is 6.16. The lowest BCUT2D eigenvalue weighted by Gasteiger charge is -2.12. The minimum Gasteiger partial charge on any atom is -0.325 e. The van der Waals surface area contributed by atoms with Crippen molar-refractivity contribution in [2.45, 2.75) is 32.7 Å². The van der Waals surface area contributed by atoms with E-state index in [-0.39, 0.29) is 5.91 Å². The summed E-state index contributed by atoms with van der Waals surface area (Å²) in [7, 11) is 0. The average Bonchev–Trinajstić information content (AvgIpc) is 3.09. The number of carbonyl (C=O) groups excluding carboxylic acids is 1. The van der Waals surface area contributed by atoms with Gasteiger partial charge in [0, 0.05) is 11.7 Å². The highest BCUT2D eigenvalue weighted by molar-refractivity contribution is 5.92. The maximum Gasteiger partial charge on any atom is 0.238 e. The first kappa shape index (κ1) is 12.1. The minimum atomic E-state index is 0.0306. The van der Waals surface area contributed by atoms with Crippen molar-refractivity contribution in [2.24, 2.45) is 5.92 Å². The van der Waals surface area contributed by atoms with Gasteiger partial charge < -0.3 is 10.6 Å². The number of amides is 1. The zero-order chi connectivity index (χ0) is 12.3. The van der Waals surface area contributed by atoms with Crippen LogP contribution in [0.5, 0.6) is 0 Å². The molecule has 92 valence electrons. The lowest BCUT2D eigenvalue weighted by Crippen LogP contribution is -2.35. The quantitative estimate of drug-likeness (QED) is 0.818. The van der Waals surface area contributed by atoms with E-state index in [2.05, 4.69) is 17.6 Å². The molecular formula is C14H20N2O. The van der Waals surface area contributed by atoms with Crippen LogP contribution in [0.1, 0.15) is 25.3 Å². The van der Waals surface area contributed by atoms with Gasteiger partial charge in [0.2, 0.25) is 5.91 Å². The van der Waals surface area contributed by atoms with Crippen LogP contribution in [-0.4, -0.2) is 18.5 Å². The highest BCUT2D eigenvalue weighted by Gasteiger charge is 2.27. The fourth-order valence-electron chi connectivity index (χ4n) is 1.94. The van der Waals surface area contributed by atoms with E-state index in [0.717, 1.165) is 17.2 Å². The molecule has 1 aliphatic rings. The van der Waals surface area contributed by atoms with Gasteiger partial charge in [-0.25, -0.2) is 0 Å². The van der Waals surface area contributed by atoms with Crippen LogP contribution in [0, 0.1) is 12.8 Å². The molecule has 1 aromatic carbocycles. The molecule has 0 aliphatic heterocycles. The average molecular weight is 232 g/mol. The van der Waals surface area contributed by atoms with E-state index >= 15 is 0 Å². The molecule has 1 atom stereocenters. The van der Waals surface area contributed by atoms with Gasteiger partial charge in [-0.3, -0.25) is 4.79 Å². The fraction of sp³-hybridized carbons (Fsp3) is 0.500. The van der Waals surface area contributed by atoms with E-state index in [1.54, 1.807) is 0 Å². The zero-order valence-corrected chi connectivity index (χ0v) is 10.5. The largest absolute Gasteiger partial charge is 0.325 e. The number of rotatable bonds is 5. The van der Waals surface area contributed by atoms with Gasteiger partial charge in [0.05, 0.1) is 6.54 Å². The highest BCUT2D eigenvalue weighted by atomic mass is 16.1. The third-order valence-electron chi connectivity index (χ3n) is 3.22. The summed E-state index contributed by atoms with van der Waals surface area (Å²) in [5.74, 6) is 0.810. The third-order valence-corrected chi connectivity index (χ3v) is 3.22. The fourth-order valence-corrected chi connectivity index (χ4v) is 1.94. The molecule has 0 aromatic heterocycles. The number of hydrogen-bond donors (Lipinski definition) is 2. The Morgan fingerprint density at radius 1 is 1.47 bits per heavy atom. The van der Waals surface area contributed by atoms with E-state index in [4.69, 9.17) is 0 Å². The normalized spacial score (nSPS) is 16.6.